The molecule has 0 aliphatic heterocycles. The van der Waals surface area contributed by atoms with Gasteiger partial charge in [-0.3, -0.25) is 14.4 Å². The molecule has 32 heavy (non-hydrogen) atoms. The normalized spacial score (nSPS) is 11.3. The van der Waals surface area contributed by atoms with Gasteiger partial charge < -0.3 is 0 Å². The molecule has 0 fully saturated rings. The molecule has 6 heteroatoms. The summed E-state index contributed by atoms with van der Waals surface area (Å²) in [7, 11) is 0. The molecule has 5 rings (SSSR count). The van der Waals surface area contributed by atoms with Gasteiger partial charge in [0.05, 0.1) is 28.9 Å². The number of nitrogens with zero attached hydrogens (tertiary/aromatic N) is 4. The zero-order valence-corrected chi connectivity index (χ0v) is 19.0. The number of hydrogen-bond acceptors (Lipinski definition) is 4. The lowest BCUT2D eigenvalue weighted by atomic mass is 10.0. The second-order valence-corrected chi connectivity index (χ2v) is 8.98. The molecule has 5 aromatic rings. The van der Waals surface area contributed by atoms with E-state index in [1.165, 1.54) is 0 Å². The molecule has 0 atom stereocenters. The van der Waals surface area contributed by atoms with E-state index in [9.17, 15) is 4.79 Å². The first-order chi connectivity index (χ1) is 15.6. The highest BCUT2D eigenvalue weighted by Gasteiger charge is 2.21. The minimum Gasteiger partial charge on any atom is -0.286 e. The van der Waals surface area contributed by atoms with Crippen LogP contribution in [-0.2, 0) is 17.8 Å². The van der Waals surface area contributed by atoms with Gasteiger partial charge in [0.1, 0.15) is 0 Å². The van der Waals surface area contributed by atoms with Crippen LogP contribution >= 0.6 is 11.3 Å². The van der Waals surface area contributed by atoms with Crippen molar-refractivity contribution in [1.82, 2.24) is 14.8 Å². The molecule has 2 heterocycles. The van der Waals surface area contributed by atoms with Crippen molar-refractivity contribution in [1.29, 1.82) is 0 Å². The van der Waals surface area contributed by atoms with Crippen LogP contribution in [0.1, 0.15) is 17.0 Å². The number of carbonyl (C=O) groups excluding carboxylic acids is 1. The number of amides is 1. The Labute approximate surface area is 190 Å². The summed E-state index contributed by atoms with van der Waals surface area (Å²) in [5.41, 5.74) is 4.02. The number of para-hydroxylation sites is 1. The van der Waals surface area contributed by atoms with Gasteiger partial charge in [0.15, 0.2) is 5.13 Å². The molecule has 160 valence electrons. The van der Waals surface area contributed by atoms with Crippen LogP contribution in [0.3, 0.4) is 0 Å². The number of fused-ring (bicyclic) bond motifs is 2. The standard InChI is InChI=1S/C26H24N4OS/c1-18-16-19(2)30(28-18)15-14-29(26-27-23-12-5-6-13-24(23)32-26)25(31)17-21-10-7-9-20-8-3-4-11-22(20)21/h3-13,16H,14-15,17H2,1-2H3. The van der Waals surface area contributed by atoms with Gasteiger partial charge in [0, 0.05) is 12.2 Å². The number of aryl methyl sites for hydroxylation is 2. The molecule has 0 N–H and O–H groups in total. The van der Waals surface area contributed by atoms with Gasteiger partial charge in [-0.05, 0) is 48.4 Å². The average Bonchev–Trinajstić information content (AvgIpc) is 3.36. The quantitative estimate of drug-likeness (QED) is 0.348. The summed E-state index contributed by atoms with van der Waals surface area (Å²) in [6.07, 6.45) is 0.328. The minimum atomic E-state index is 0.0435. The molecule has 0 saturated heterocycles. The monoisotopic (exact) mass is 440 g/mol. The zero-order chi connectivity index (χ0) is 22.1. The molecule has 0 saturated carbocycles. The number of thiazole rings is 1. The van der Waals surface area contributed by atoms with Gasteiger partial charge in [-0.1, -0.05) is 65.9 Å². The van der Waals surface area contributed by atoms with Crippen molar-refractivity contribution in [3.63, 3.8) is 0 Å². The average molecular weight is 441 g/mol. The maximum atomic E-state index is 13.6. The maximum Gasteiger partial charge on any atom is 0.233 e. The molecule has 0 unspecified atom stereocenters. The number of benzene rings is 3. The van der Waals surface area contributed by atoms with Crippen LogP contribution in [0.4, 0.5) is 5.13 Å². The molecular formula is C26H24N4OS. The van der Waals surface area contributed by atoms with E-state index in [0.717, 1.165) is 43.1 Å². The smallest absolute Gasteiger partial charge is 0.233 e. The van der Waals surface area contributed by atoms with Crippen molar-refractivity contribution in [2.24, 2.45) is 0 Å². The minimum absolute atomic E-state index is 0.0435. The van der Waals surface area contributed by atoms with E-state index in [1.807, 2.05) is 72.0 Å². The van der Waals surface area contributed by atoms with E-state index >= 15 is 0 Å². The summed E-state index contributed by atoms with van der Waals surface area (Å²) in [5, 5.41) is 7.56. The van der Waals surface area contributed by atoms with Gasteiger partial charge in [0.25, 0.3) is 0 Å². The van der Waals surface area contributed by atoms with Gasteiger partial charge in [-0.15, -0.1) is 0 Å². The van der Waals surface area contributed by atoms with E-state index < -0.39 is 0 Å². The van der Waals surface area contributed by atoms with E-state index in [0.29, 0.717) is 19.5 Å². The van der Waals surface area contributed by atoms with Crippen molar-refractivity contribution in [3.05, 3.63) is 89.7 Å². The molecule has 5 nitrogen and oxygen atoms in total. The molecule has 0 spiro atoms. The van der Waals surface area contributed by atoms with E-state index in [2.05, 4.69) is 29.4 Å². The van der Waals surface area contributed by atoms with Gasteiger partial charge >= 0.3 is 0 Å². The van der Waals surface area contributed by atoms with Gasteiger partial charge in [0.2, 0.25) is 5.91 Å². The number of hydrogen-bond donors (Lipinski definition) is 0. The van der Waals surface area contributed by atoms with E-state index in [1.54, 1.807) is 11.3 Å². The predicted molar refractivity (Wildman–Crippen MR) is 131 cm³/mol. The highest BCUT2D eigenvalue weighted by molar-refractivity contribution is 7.22. The summed E-state index contributed by atoms with van der Waals surface area (Å²) in [5.74, 6) is 0.0435. The molecule has 0 bridgehead atoms. The Morgan fingerprint density at radius 2 is 1.78 bits per heavy atom. The first kappa shape index (κ1) is 20.4. The second-order valence-electron chi connectivity index (χ2n) is 7.97. The summed E-state index contributed by atoms with van der Waals surface area (Å²) in [6.45, 7) is 5.17. The Bertz CT molecular complexity index is 1380. The van der Waals surface area contributed by atoms with Crippen LogP contribution in [0.25, 0.3) is 21.0 Å². The lowest BCUT2D eigenvalue weighted by Gasteiger charge is -2.21. The van der Waals surface area contributed by atoms with Gasteiger partial charge in [-0.25, -0.2) is 4.98 Å². The van der Waals surface area contributed by atoms with Crippen molar-refractivity contribution in [2.75, 3.05) is 11.4 Å². The van der Waals surface area contributed by atoms with Crippen LogP contribution in [0.15, 0.2) is 72.8 Å². The fourth-order valence-electron chi connectivity index (χ4n) is 4.10. The van der Waals surface area contributed by atoms with Crippen LogP contribution < -0.4 is 4.90 Å². The maximum absolute atomic E-state index is 13.6. The molecule has 0 radical (unpaired) electrons. The number of anilines is 1. The lowest BCUT2D eigenvalue weighted by Crippen LogP contribution is -2.35. The topological polar surface area (TPSA) is 51.0 Å². The first-order valence-electron chi connectivity index (χ1n) is 10.7. The van der Waals surface area contributed by atoms with Crippen molar-refractivity contribution >= 4 is 43.4 Å². The van der Waals surface area contributed by atoms with Crippen LogP contribution in [0.5, 0.6) is 0 Å². The molecular weight excluding hydrogens is 416 g/mol. The first-order valence-corrected chi connectivity index (χ1v) is 11.5. The van der Waals surface area contributed by atoms with Crippen molar-refractivity contribution in [3.8, 4) is 0 Å². The number of rotatable bonds is 6. The molecule has 0 aliphatic rings. The van der Waals surface area contributed by atoms with Crippen molar-refractivity contribution < 1.29 is 4.79 Å². The second kappa shape index (κ2) is 8.55. The fraction of sp³-hybridized carbons (Fsp3) is 0.192. The summed E-state index contributed by atoms with van der Waals surface area (Å²) < 4.78 is 3.04. The summed E-state index contributed by atoms with van der Waals surface area (Å²) >= 11 is 1.56. The third kappa shape index (κ3) is 4.01. The largest absolute Gasteiger partial charge is 0.286 e. The Morgan fingerprint density at radius 1 is 1.00 bits per heavy atom. The zero-order valence-electron chi connectivity index (χ0n) is 18.2. The molecule has 0 aliphatic carbocycles. The highest BCUT2D eigenvalue weighted by Crippen LogP contribution is 2.29. The van der Waals surface area contributed by atoms with Gasteiger partial charge in [-0.2, -0.15) is 5.10 Å². The SMILES string of the molecule is Cc1cc(C)n(CCN(C(=O)Cc2cccc3ccccc23)c2nc3ccccc3s2)n1. The highest BCUT2D eigenvalue weighted by atomic mass is 32.1. The summed E-state index contributed by atoms with van der Waals surface area (Å²) in [4.78, 5) is 20.2. The number of carbonyl (C=O) groups is 1. The predicted octanol–water partition coefficient (Wildman–Crippen LogP) is 5.54. The Kier molecular flexibility index (Phi) is 5.45. The van der Waals surface area contributed by atoms with E-state index in [4.69, 9.17) is 4.98 Å². The van der Waals surface area contributed by atoms with E-state index in [-0.39, 0.29) is 5.91 Å². The Morgan fingerprint density at radius 3 is 2.59 bits per heavy atom. The van der Waals surface area contributed by atoms with Crippen molar-refractivity contribution in [2.45, 2.75) is 26.8 Å². The summed E-state index contributed by atoms with van der Waals surface area (Å²) in [6, 6.07) is 24.4. The lowest BCUT2D eigenvalue weighted by molar-refractivity contribution is -0.118. The Balaban J connectivity index is 1.47. The molecule has 2 aromatic heterocycles. The number of aromatic nitrogens is 3. The third-order valence-corrected chi connectivity index (χ3v) is 6.73. The van der Waals surface area contributed by atoms with Crippen LogP contribution in [-0.4, -0.2) is 27.2 Å². The fourth-order valence-corrected chi connectivity index (χ4v) is 5.11. The van der Waals surface area contributed by atoms with Crippen LogP contribution in [0.2, 0.25) is 0 Å². The molecule has 3 aromatic carbocycles. The third-order valence-electron chi connectivity index (χ3n) is 5.67. The molecule has 1 amide bonds. The Hall–Kier alpha value is -3.51. The van der Waals surface area contributed by atoms with Crippen LogP contribution in [0, 0.1) is 13.8 Å².